The number of imide groups is 1. The van der Waals surface area contributed by atoms with Gasteiger partial charge in [-0.2, -0.15) is 0 Å². The predicted octanol–water partition coefficient (Wildman–Crippen LogP) is 2.81. The maximum absolute atomic E-state index is 12.6. The highest BCUT2D eigenvalue weighted by Gasteiger charge is 2.41. The van der Waals surface area contributed by atoms with Crippen molar-refractivity contribution in [2.75, 3.05) is 4.90 Å². The minimum Gasteiger partial charge on any atom is -0.274 e. The van der Waals surface area contributed by atoms with Crippen molar-refractivity contribution in [1.82, 2.24) is 9.97 Å². The molecule has 0 saturated carbocycles. The summed E-state index contributed by atoms with van der Waals surface area (Å²) in [7, 11) is 0. The number of rotatable bonds is 3. The summed E-state index contributed by atoms with van der Waals surface area (Å²) in [6, 6.07) is 9.16. The van der Waals surface area contributed by atoms with Crippen LogP contribution >= 0.6 is 34.4 Å². The normalized spacial score (nSPS) is 18.1. The van der Waals surface area contributed by atoms with Crippen LogP contribution in [0.25, 0.3) is 0 Å². The van der Waals surface area contributed by atoms with Crippen LogP contribution in [-0.4, -0.2) is 27.0 Å². The van der Waals surface area contributed by atoms with E-state index in [0.717, 1.165) is 9.26 Å². The average molecular weight is 425 g/mol. The second-order valence-electron chi connectivity index (χ2n) is 4.81. The Morgan fingerprint density at radius 2 is 2.05 bits per heavy atom. The fraction of sp³-hybridized carbons (Fsp3) is 0.200. The van der Waals surface area contributed by atoms with E-state index in [4.69, 9.17) is 0 Å². The highest BCUT2D eigenvalue weighted by Crippen LogP contribution is 2.34. The van der Waals surface area contributed by atoms with Gasteiger partial charge in [0.25, 0.3) is 0 Å². The molecule has 0 spiro atoms. The van der Waals surface area contributed by atoms with Crippen LogP contribution in [0.1, 0.15) is 12.1 Å². The van der Waals surface area contributed by atoms with E-state index in [1.54, 1.807) is 18.3 Å². The summed E-state index contributed by atoms with van der Waals surface area (Å²) < 4.78 is 0.874. The molecule has 1 aliphatic rings. The summed E-state index contributed by atoms with van der Waals surface area (Å²) in [6.45, 7) is 1.87. The van der Waals surface area contributed by atoms with E-state index in [2.05, 4.69) is 32.6 Å². The van der Waals surface area contributed by atoms with Gasteiger partial charge in [-0.15, -0.1) is 0 Å². The van der Waals surface area contributed by atoms with Crippen LogP contribution in [0.4, 0.5) is 5.69 Å². The highest BCUT2D eigenvalue weighted by atomic mass is 127. The molecule has 2 aromatic rings. The molecular weight excluding hydrogens is 413 g/mol. The summed E-state index contributed by atoms with van der Waals surface area (Å²) in [6.07, 6.45) is 1.83. The second kappa shape index (κ2) is 6.33. The van der Waals surface area contributed by atoms with Crippen molar-refractivity contribution >= 4 is 51.9 Å². The zero-order valence-corrected chi connectivity index (χ0v) is 14.7. The zero-order valence-electron chi connectivity index (χ0n) is 11.7. The number of hydrogen-bond donors (Lipinski definition) is 0. The molecule has 1 saturated heterocycles. The van der Waals surface area contributed by atoms with Crippen molar-refractivity contribution in [1.29, 1.82) is 0 Å². The number of halogens is 1. The molecule has 2 amide bonds. The van der Waals surface area contributed by atoms with Crippen molar-refractivity contribution < 1.29 is 9.59 Å². The van der Waals surface area contributed by atoms with Gasteiger partial charge in [0.15, 0.2) is 5.16 Å². The van der Waals surface area contributed by atoms with Crippen molar-refractivity contribution in [2.24, 2.45) is 0 Å². The van der Waals surface area contributed by atoms with Crippen LogP contribution in [0.15, 0.2) is 41.7 Å². The SMILES string of the molecule is Cc1ccnc(S[C@H]2CC(=O)N(c3ccccc3I)C2=O)n1. The van der Waals surface area contributed by atoms with Crippen LogP contribution in [0, 0.1) is 10.5 Å². The molecule has 1 aromatic heterocycles. The smallest absolute Gasteiger partial charge is 0.247 e. The Morgan fingerprint density at radius 3 is 2.77 bits per heavy atom. The van der Waals surface area contributed by atoms with Crippen LogP contribution in [-0.2, 0) is 9.59 Å². The number of aryl methyl sites for hydroxylation is 1. The van der Waals surface area contributed by atoms with Gasteiger partial charge < -0.3 is 0 Å². The van der Waals surface area contributed by atoms with Crippen molar-refractivity contribution in [2.45, 2.75) is 23.8 Å². The molecule has 7 heteroatoms. The second-order valence-corrected chi connectivity index (χ2v) is 7.14. The van der Waals surface area contributed by atoms with Crippen LogP contribution in [0.5, 0.6) is 0 Å². The molecular formula is C15H12IN3O2S. The lowest BCUT2D eigenvalue weighted by Gasteiger charge is -2.16. The lowest BCUT2D eigenvalue weighted by molar-refractivity contribution is -0.121. The van der Waals surface area contributed by atoms with Crippen molar-refractivity contribution in [3.8, 4) is 0 Å². The first kappa shape index (κ1) is 15.4. The minimum atomic E-state index is -0.467. The standard InChI is InChI=1S/C15H12IN3O2S/c1-9-6-7-17-15(18-9)22-12-8-13(20)19(14(12)21)11-5-3-2-4-10(11)16/h2-7,12H,8H2,1H3/t12-/m0/s1. The van der Waals surface area contributed by atoms with Crippen LogP contribution in [0.3, 0.4) is 0 Å². The van der Waals surface area contributed by atoms with E-state index < -0.39 is 5.25 Å². The van der Waals surface area contributed by atoms with Gasteiger partial charge in [-0.05, 0) is 47.7 Å². The Morgan fingerprint density at radius 1 is 1.27 bits per heavy atom. The third-order valence-electron chi connectivity index (χ3n) is 3.22. The van der Waals surface area contributed by atoms with E-state index in [0.29, 0.717) is 10.8 Å². The maximum atomic E-state index is 12.6. The molecule has 22 heavy (non-hydrogen) atoms. The first-order valence-corrected chi connectivity index (χ1v) is 8.60. The van der Waals surface area contributed by atoms with Gasteiger partial charge >= 0.3 is 0 Å². The summed E-state index contributed by atoms with van der Waals surface area (Å²) in [5, 5.41) is 0.0565. The van der Waals surface area contributed by atoms with Gasteiger partial charge in [-0.1, -0.05) is 23.9 Å². The van der Waals surface area contributed by atoms with E-state index >= 15 is 0 Å². The largest absolute Gasteiger partial charge is 0.274 e. The number of para-hydroxylation sites is 1. The number of aromatic nitrogens is 2. The van der Waals surface area contributed by atoms with Gasteiger partial charge in [0.1, 0.15) is 5.25 Å². The fourth-order valence-corrected chi connectivity index (χ4v) is 3.83. The van der Waals surface area contributed by atoms with Gasteiger partial charge in [-0.25, -0.2) is 14.9 Å². The molecule has 0 bridgehead atoms. The molecule has 112 valence electrons. The van der Waals surface area contributed by atoms with Gasteiger partial charge in [0, 0.05) is 21.9 Å². The number of thioether (sulfide) groups is 1. The zero-order chi connectivity index (χ0) is 15.7. The molecule has 0 aliphatic carbocycles. The van der Waals surface area contributed by atoms with Crippen LogP contribution in [0.2, 0.25) is 0 Å². The van der Waals surface area contributed by atoms with E-state index in [-0.39, 0.29) is 18.2 Å². The average Bonchev–Trinajstić information content (AvgIpc) is 2.74. The molecule has 1 fully saturated rings. The number of carbonyl (C=O) groups excluding carboxylic acids is 2. The Bertz CT molecular complexity index is 753. The Labute approximate surface area is 145 Å². The molecule has 3 rings (SSSR count). The topological polar surface area (TPSA) is 63.2 Å². The summed E-state index contributed by atoms with van der Waals surface area (Å²) in [4.78, 5) is 34.5. The Kier molecular flexibility index (Phi) is 4.44. The first-order chi connectivity index (χ1) is 10.6. The monoisotopic (exact) mass is 425 g/mol. The third kappa shape index (κ3) is 3.00. The van der Waals surface area contributed by atoms with Gasteiger partial charge in [0.2, 0.25) is 11.8 Å². The highest BCUT2D eigenvalue weighted by molar-refractivity contribution is 14.1. The molecule has 0 unspecified atom stereocenters. The summed E-state index contributed by atoms with van der Waals surface area (Å²) in [5.74, 6) is -0.386. The number of amides is 2. The molecule has 2 heterocycles. The summed E-state index contributed by atoms with van der Waals surface area (Å²) >= 11 is 3.37. The molecule has 1 aliphatic heterocycles. The lowest BCUT2D eigenvalue weighted by Crippen LogP contribution is -2.31. The Balaban J connectivity index is 1.84. The number of benzene rings is 1. The van der Waals surface area contributed by atoms with Crippen LogP contribution < -0.4 is 4.90 Å². The van der Waals surface area contributed by atoms with E-state index in [1.165, 1.54) is 16.7 Å². The number of anilines is 1. The Hall–Kier alpha value is -1.48. The van der Waals surface area contributed by atoms with Crippen molar-refractivity contribution in [3.63, 3.8) is 0 Å². The number of carbonyl (C=O) groups is 2. The number of hydrogen-bond acceptors (Lipinski definition) is 5. The molecule has 1 aromatic carbocycles. The van der Waals surface area contributed by atoms with E-state index in [9.17, 15) is 9.59 Å². The molecule has 0 radical (unpaired) electrons. The van der Waals surface area contributed by atoms with E-state index in [1.807, 2.05) is 25.1 Å². The fourth-order valence-electron chi connectivity index (χ4n) is 2.19. The minimum absolute atomic E-state index is 0.172. The quantitative estimate of drug-likeness (QED) is 0.430. The number of nitrogens with zero attached hydrogens (tertiary/aromatic N) is 3. The van der Waals surface area contributed by atoms with Crippen molar-refractivity contribution in [3.05, 3.63) is 45.8 Å². The lowest BCUT2D eigenvalue weighted by atomic mass is 10.3. The third-order valence-corrected chi connectivity index (χ3v) is 5.19. The van der Waals surface area contributed by atoms with Gasteiger partial charge in [0.05, 0.1) is 5.69 Å². The predicted molar refractivity (Wildman–Crippen MR) is 92.7 cm³/mol. The molecule has 0 N–H and O–H groups in total. The summed E-state index contributed by atoms with van der Waals surface area (Å²) in [5.41, 5.74) is 1.48. The van der Waals surface area contributed by atoms with Gasteiger partial charge in [-0.3, -0.25) is 9.59 Å². The molecule has 5 nitrogen and oxygen atoms in total. The first-order valence-electron chi connectivity index (χ1n) is 6.64. The molecule has 1 atom stereocenters. The maximum Gasteiger partial charge on any atom is 0.247 e.